The second-order valence-corrected chi connectivity index (χ2v) is 8.38. The van der Waals surface area contributed by atoms with Gasteiger partial charge in [-0.3, -0.25) is 0 Å². The van der Waals surface area contributed by atoms with Crippen molar-refractivity contribution in [2.75, 3.05) is 0 Å². The Kier molecular flexibility index (Phi) is 19.5. The Balaban J connectivity index is 0. The Morgan fingerprint density at radius 3 is 1.71 bits per heavy atom. The second kappa shape index (κ2) is 17.3. The van der Waals surface area contributed by atoms with Crippen LogP contribution in [0.15, 0.2) is 0 Å². The first-order valence-electron chi connectivity index (χ1n) is 9.54. The number of aliphatic hydroxyl groups is 1. The molecule has 0 saturated carbocycles. The molecule has 2 atom stereocenters. The van der Waals surface area contributed by atoms with Gasteiger partial charge in [0.25, 0.3) is 0 Å². The number of unbranched alkanes of at least 4 members (excludes halogenated alkanes) is 8. The minimum atomic E-state index is -4.21. The first kappa shape index (κ1) is 27.1. The third kappa shape index (κ3) is 16.3. The van der Waals surface area contributed by atoms with Crippen LogP contribution in [-0.4, -0.2) is 29.4 Å². The molecule has 2 unspecified atom stereocenters. The fourth-order valence-electron chi connectivity index (χ4n) is 2.90. The fraction of sp³-hybridized carbons (Fsp3) is 1.00. The average molecular weight is 373 g/mol. The van der Waals surface area contributed by atoms with Crippen LogP contribution in [-0.2, 0) is 10.1 Å². The summed E-state index contributed by atoms with van der Waals surface area (Å²) in [5.74, 6) is 0. The minimum Gasteiger partial charge on any atom is -0.748 e. The van der Waals surface area contributed by atoms with E-state index in [9.17, 15) is 18.1 Å². The second-order valence-electron chi connectivity index (χ2n) is 6.72. The van der Waals surface area contributed by atoms with Crippen molar-refractivity contribution >= 4 is 10.1 Å². The summed E-state index contributed by atoms with van der Waals surface area (Å²) in [5.41, 5.74) is 0. The summed E-state index contributed by atoms with van der Waals surface area (Å²) in [5, 5.41) is 8.73. The maximum absolute atomic E-state index is 11.3. The third-order valence-corrected chi connectivity index (χ3v) is 5.86. The van der Waals surface area contributed by atoms with Crippen molar-refractivity contribution in [2.24, 2.45) is 0 Å². The maximum Gasteiger partial charge on any atom is 1.00 e. The summed E-state index contributed by atoms with van der Waals surface area (Å²) in [6, 6.07) is 0. The van der Waals surface area contributed by atoms with Crippen molar-refractivity contribution in [3.63, 3.8) is 0 Å². The summed E-state index contributed by atoms with van der Waals surface area (Å²) in [7, 11) is -4.21. The van der Waals surface area contributed by atoms with Crippen molar-refractivity contribution in [3.8, 4) is 0 Å². The van der Waals surface area contributed by atoms with Crippen LogP contribution in [0.5, 0.6) is 0 Å². The summed E-state index contributed by atoms with van der Waals surface area (Å²) in [6.45, 7) is 4.11. The molecular formula is C18H37NaO4S. The predicted molar refractivity (Wildman–Crippen MR) is 95.5 cm³/mol. The summed E-state index contributed by atoms with van der Waals surface area (Å²) < 4.78 is 34.0. The molecule has 0 saturated heterocycles. The zero-order valence-corrected chi connectivity index (χ0v) is 19.0. The molecule has 0 bridgehead atoms. The van der Waals surface area contributed by atoms with E-state index in [0.29, 0.717) is 32.1 Å². The molecule has 6 heteroatoms. The monoisotopic (exact) mass is 372 g/mol. The molecule has 0 heterocycles. The van der Waals surface area contributed by atoms with Crippen molar-refractivity contribution in [1.29, 1.82) is 0 Å². The third-order valence-electron chi connectivity index (χ3n) is 4.57. The molecule has 140 valence electrons. The smallest absolute Gasteiger partial charge is 0.748 e. The minimum absolute atomic E-state index is 0. The molecule has 0 spiro atoms. The average Bonchev–Trinajstić information content (AvgIpc) is 2.50. The van der Waals surface area contributed by atoms with E-state index in [1.165, 1.54) is 38.5 Å². The molecule has 0 amide bonds. The van der Waals surface area contributed by atoms with E-state index < -0.39 is 15.4 Å². The topological polar surface area (TPSA) is 77.4 Å². The number of aliphatic hydroxyl groups excluding tert-OH is 1. The largest absolute Gasteiger partial charge is 1.00 e. The SMILES string of the molecule is CCCCCCCCCCCC(CCCC(O)CC)S(=O)(=O)[O-].[Na+]. The molecule has 0 rings (SSSR count). The van der Waals surface area contributed by atoms with Gasteiger partial charge in [0.2, 0.25) is 0 Å². The van der Waals surface area contributed by atoms with Crippen LogP contribution < -0.4 is 29.6 Å². The van der Waals surface area contributed by atoms with Gasteiger partial charge in [-0.1, -0.05) is 71.6 Å². The molecule has 0 fully saturated rings. The van der Waals surface area contributed by atoms with Gasteiger partial charge in [0.15, 0.2) is 0 Å². The van der Waals surface area contributed by atoms with E-state index in [1.807, 2.05) is 6.92 Å². The van der Waals surface area contributed by atoms with Crippen LogP contribution in [0.3, 0.4) is 0 Å². The van der Waals surface area contributed by atoms with E-state index in [-0.39, 0.29) is 35.7 Å². The first-order chi connectivity index (χ1) is 10.9. The van der Waals surface area contributed by atoms with E-state index in [1.54, 1.807) is 0 Å². The van der Waals surface area contributed by atoms with Crippen molar-refractivity contribution in [1.82, 2.24) is 0 Å². The Bertz CT molecular complexity index is 360. The van der Waals surface area contributed by atoms with Gasteiger partial charge in [-0.15, -0.1) is 0 Å². The van der Waals surface area contributed by atoms with E-state index in [4.69, 9.17) is 0 Å². The normalized spacial score (nSPS) is 14.2. The van der Waals surface area contributed by atoms with Gasteiger partial charge >= 0.3 is 29.6 Å². The zero-order chi connectivity index (χ0) is 17.6. The van der Waals surface area contributed by atoms with Gasteiger partial charge in [0.1, 0.15) is 0 Å². The van der Waals surface area contributed by atoms with Gasteiger partial charge in [-0.05, 0) is 32.1 Å². The molecule has 0 aromatic heterocycles. The van der Waals surface area contributed by atoms with Crippen LogP contribution in [0, 0.1) is 0 Å². The Morgan fingerprint density at radius 2 is 1.25 bits per heavy atom. The van der Waals surface area contributed by atoms with Crippen LogP contribution in [0.2, 0.25) is 0 Å². The fourth-order valence-corrected chi connectivity index (χ4v) is 3.81. The number of hydrogen-bond donors (Lipinski definition) is 1. The Hall–Kier alpha value is 0.870. The van der Waals surface area contributed by atoms with Crippen LogP contribution in [0.1, 0.15) is 104 Å². The molecule has 0 aliphatic heterocycles. The Labute approximate surface area is 172 Å². The van der Waals surface area contributed by atoms with Gasteiger partial charge in [-0.2, -0.15) is 0 Å². The number of hydrogen-bond acceptors (Lipinski definition) is 4. The van der Waals surface area contributed by atoms with E-state index >= 15 is 0 Å². The van der Waals surface area contributed by atoms with Gasteiger partial charge < -0.3 is 9.66 Å². The van der Waals surface area contributed by atoms with Crippen LogP contribution >= 0.6 is 0 Å². The van der Waals surface area contributed by atoms with Gasteiger partial charge in [-0.25, -0.2) is 8.42 Å². The van der Waals surface area contributed by atoms with E-state index in [2.05, 4.69) is 6.92 Å². The van der Waals surface area contributed by atoms with Crippen LogP contribution in [0.25, 0.3) is 0 Å². The van der Waals surface area contributed by atoms with Gasteiger partial charge in [0, 0.05) is 5.25 Å². The maximum atomic E-state index is 11.3. The predicted octanol–water partition coefficient (Wildman–Crippen LogP) is 1.77. The molecule has 4 nitrogen and oxygen atoms in total. The standard InChI is InChI=1S/C18H38O4S.Na/c1-3-5-6-7-8-9-10-11-12-15-18(23(20,21)22)16-13-14-17(19)4-2;/h17-19H,3-16H2,1-2H3,(H,20,21,22);/q;+1/p-1. The van der Waals surface area contributed by atoms with Crippen molar-refractivity contribution in [2.45, 2.75) is 115 Å². The van der Waals surface area contributed by atoms with Crippen LogP contribution in [0.4, 0.5) is 0 Å². The number of rotatable bonds is 16. The molecule has 0 aliphatic rings. The quantitative estimate of drug-likeness (QED) is 0.254. The summed E-state index contributed by atoms with van der Waals surface area (Å²) >= 11 is 0. The molecule has 0 aromatic rings. The molecule has 0 aromatic carbocycles. The molecule has 0 aliphatic carbocycles. The molecule has 1 N–H and O–H groups in total. The zero-order valence-electron chi connectivity index (χ0n) is 16.1. The Morgan fingerprint density at radius 1 is 0.792 bits per heavy atom. The molecule has 24 heavy (non-hydrogen) atoms. The van der Waals surface area contributed by atoms with Gasteiger partial charge in [0.05, 0.1) is 16.2 Å². The molecule has 0 radical (unpaired) electrons. The first-order valence-corrected chi connectivity index (χ1v) is 11.0. The van der Waals surface area contributed by atoms with Crippen molar-refractivity contribution in [3.05, 3.63) is 0 Å². The van der Waals surface area contributed by atoms with E-state index in [0.717, 1.165) is 19.3 Å². The molecular weight excluding hydrogens is 335 g/mol. The van der Waals surface area contributed by atoms with Crippen molar-refractivity contribution < 1.29 is 47.6 Å². The summed E-state index contributed by atoms with van der Waals surface area (Å²) in [6.07, 6.45) is 13.0. The summed E-state index contributed by atoms with van der Waals surface area (Å²) in [4.78, 5) is 0.